The Morgan fingerprint density at radius 3 is 2.50 bits per heavy atom. The average Bonchev–Trinajstić information content (AvgIpc) is 2.28. The Bertz CT molecular complexity index is 337. The molecule has 0 aliphatic carbocycles. The lowest BCUT2D eigenvalue weighted by Gasteiger charge is -2.16. The number of benzene rings is 1. The molecular weight excluding hydrogens is 226 g/mol. The molecule has 0 radical (unpaired) electrons. The van der Waals surface area contributed by atoms with Gasteiger partial charge >= 0.3 is 5.97 Å². The first-order valence-corrected chi connectivity index (χ1v) is 5.72. The number of carbonyl (C=O) groups is 1. The number of carbonyl (C=O) groups excluding carboxylic acids is 1. The summed E-state index contributed by atoms with van der Waals surface area (Å²) in [6, 6.07) is 6.77. The maximum Gasteiger partial charge on any atom is 0.327 e. The number of rotatable bonds is 5. The zero-order valence-corrected chi connectivity index (χ0v) is 10.3. The van der Waals surface area contributed by atoms with Crippen LogP contribution < -0.4 is 5.32 Å². The van der Waals surface area contributed by atoms with Crippen LogP contribution in [-0.2, 0) is 9.53 Å². The van der Waals surface area contributed by atoms with Crippen LogP contribution >= 0.6 is 11.6 Å². The molecule has 0 heterocycles. The maximum atomic E-state index is 11.7. The molecule has 1 atom stereocenters. The summed E-state index contributed by atoms with van der Waals surface area (Å²) in [6.45, 7) is 4.82. The standard InChI is InChI=1S/C12H16ClNO2/c1-3-14-11(12(15)16-4-2)9-5-7-10(13)8-6-9/h5-8,11,14H,3-4H2,1-2H3/t11-/m0/s1. The van der Waals surface area contributed by atoms with Crippen molar-refractivity contribution in [3.63, 3.8) is 0 Å². The summed E-state index contributed by atoms with van der Waals surface area (Å²) < 4.78 is 5.01. The third-order valence-electron chi connectivity index (χ3n) is 2.13. The van der Waals surface area contributed by atoms with E-state index in [4.69, 9.17) is 16.3 Å². The molecule has 4 heteroatoms. The summed E-state index contributed by atoms with van der Waals surface area (Å²) >= 11 is 5.80. The summed E-state index contributed by atoms with van der Waals surface area (Å²) in [6.07, 6.45) is 0. The lowest BCUT2D eigenvalue weighted by Crippen LogP contribution is -2.30. The molecule has 1 aromatic rings. The highest BCUT2D eigenvalue weighted by atomic mass is 35.5. The van der Waals surface area contributed by atoms with Crippen LogP contribution in [0.4, 0.5) is 0 Å². The smallest absolute Gasteiger partial charge is 0.327 e. The molecule has 0 aliphatic rings. The van der Waals surface area contributed by atoms with Crippen LogP contribution in [0, 0.1) is 0 Å². The summed E-state index contributed by atoms with van der Waals surface area (Å²) in [4.78, 5) is 11.7. The Morgan fingerprint density at radius 2 is 2.00 bits per heavy atom. The third kappa shape index (κ3) is 3.51. The minimum atomic E-state index is -0.415. The van der Waals surface area contributed by atoms with Gasteiger partial charge in [-0.15, -0.1) is 0 Å². The second kappa shape index (κ2) is 6.51. The SMILES string of the molecule is CCN[C@H](C(=O)OCC)c1ccc(Cl)cc1. The van der Waals surface area contributed by atoms with Crippen LogP contribution in [0.15, 0.2) is 24.3 Å². The minimum absolute atomic E-state index is 0.258. The molecule has 0 fully saturated rings. The Balaban J connectivity index is 2.84. The predicted octanol–water partition coefficient (Wildman–Crippen LogP) is 2.55. The van der Waals surface area contributed by atoms with E-state index in [1.807, 2.05) is 19.1 Å². The van der Waals surface area contributed by atoms with Crippen molar-refractivity contribution < 1.29 is 9.53 Å². The van der Waals surface area contributed by atoms with Crippen molar-refractivity contribution in [3.8, 4) is 0 Å². The number of ether oxygens (including phenoxy) is 1. The van der Waals surface area contributed by atoms with Crippen molar-refractivity contribution in [1.29, 1.82) is 0 Å². The summed E-state index contributed by atoms with van der Waals surface area (Å²) in [7, 11) is 0. The van der Waals surface area contributed by atoms with Crippen LogP contribution in [0.5, 0.6) is 0 Å². The molecule has 0 amide bonds. The zero-order valence-electron chi connectivity index (χ0n) is 9.50. The fourth-order valence-corrected chi connectivity index (χ4v) is 1.55. The molecule has 0 unspecified atom stereocenters. The van der Waals surface area contributed by atoms with Gasteiger partial charge in [0.05, 0.1) is 6.61 Å². The lowest BCUT2D eigenvalue weighted by molar-refractivity contribution is -0.145. The average molecular weight is 242 g/mol. The number of hydrogen-bond donors (Lipinski definition) is 1. The fourth-order valence-electron chi connectivity index (χ4n) is 1.42. The summed E-state index contributed by atoms with van der Waals surface area (Å²) in [5.41, 5.74) is 0.865. The predicted molar refractivity (Wildman–Crippen MR) is 64.5 cm³/mol. The molecule has 0 bridgehead atoms. The monoisotopic (exact) mass is 241 g/mol. The van der Waals surface area contributed by atoms with Gasteiger partial charge in [-0.05, 0) is 31.2 Å². The van der Waals surface area contributed by atoms with Crippen LogP contribution in [0.2, 0.25) is 5.02 Å². The maximum absolute atomic E-state index is 11.7. The second-order valence-corrected chi connectivity index (χ2v) is 3.73. The lowest BCUT2D eigenvalue weighted by atomic mass is 10.1. The Labute approximate surface area is 101 Å². The van der Waals surface area contributed by atoms with E-state index in [-0.39, 0.29) is 5.97 Å². The van der Waals surface area contributed by atoms with Gasteiger partial charge in [0, 0.05) is 5.02 Å². The second-order valence-electron chi connectivity index (χ2n) is 3.29. The molecule has 88 valence electrons. The van der Waals surface area contributed by atoms with Crippen molar-refractivity contribution in [1.82, 2.24) is 5.32 Å². The van der Waals surface area contributed by atoms with E-state index in [1.165, 1.54) is 0 Å². The van der Waals surface area contributed by atoms with Gasteiger partial charge in [0.15, 0.2) is 0 Å². The van der Waals surface area contributed by atoms with E-state index < -0.39 is 6.04 Å². The van der Waals surface area contributed by atoms with Crippen molar-refractivity contribution in [3.05, 3.63) is 34.9 Å². The first-order chi connectivity index (χ1) is 7.69. The van der Waals surface area contributed by atoms with Gasteiger partial charge in [0.2, 0.25) is 0 Å². The third-order valence-corrected chi connectivity index (χ3v) is 2.39. The summed E-state index contributed by atoms with van der Waals surface area (Å²) in [5, 5.41) is 3.74. The highest BCUT2D eigenvalue weighted by Crippen LogP contribution is 2.17. The number of likely N-dealkylation sites (N-methyl/N-ethyl adjacent to an activating group) is 1. The first-order valence-electron chi connectivity index (χ1n) is 5.34. The quantitative estimate of drug-likeness (QED) is 0.806. The van der Waals surface area contributed by atoms with Crippen LogP contribution in [0.3, 0.4) is 0 Å². The number of halogens is 1. The van der Waals surface area contributed by atoms with Gasteiger partial charge in [0.1, 0.15) is 6.04 Å². The molecule has 1 N–H and O–H groups in total. The normalized spacial score (nSPS) is 12.2. The van der Waals surface area contributed by atoms with Gasteiger partial charge < -0.3 is 10.1 Å². The van der Waals surface area contributed by atoms with Crippen LogP contribution in [0.1, 0.15) is 25.5 Å². The summed E-state index contributed by atoms with van der Waals surface area (Å²) in [5.74, 6) is -0.258. The molecule has 3 nitrogen and oxygen atoms in total. The topological polar surface area (TPSA) is 38.3 Å². The Kier molecular flexibility index (Phi) is 5.29. The van der Waals surface area contributed by atoms with Crippen molar-refractivity contribution in [2.75, 3.05) is 13.2 Å². The van der Waals surface area contributed by atoms with E-state index in [9.17, 15) is 4.79 Å². The highest BCUT2D eigenvalue weighted by molar-refractivity contribution is 6.30. The Morgan fingerprint density at radius 1 is 1.38 bits per heavy atom. The minimum Gasteiger partial charge on any atom is -0.465 e. The van der Waals surface area contributed by atoms with Crippen LogP contribution in [-0.4, -0.2) is 19.1 Å². The molecule has 0 saturated heterocycles. The van der Waals surface area contributed by atoms with Gasteiger partial charge in [-0.1, -0.05) is 30.7 Å². The van der Waals surface area contributed by atoms with E-state index >= 15 is 0 Å². The first kappa shape index (κ1) is 13.0. The van der Waals surface area contributed by atoms with Gasteiger partial charge in [-0.3, -0.25) is 0 Å². The van der Waals surface area contributed by atoms with Crippen molar-refractivity contribution >= 4 is 17.6 Å². The van der Waals surface area contributed by atoms with E-state index in [0.717, 1.165) is 5.56 Å². The van der Waals surface area contributed by atoms with Gasteiger partial charge in [-0.2, -0.15) is 0 Å². The number of esters is 1. The number of hydrogen-bond acceptors (Lipinski definition) is 3. The van der Waals surface area contributed by atoms with E-state index in [1.54, 1.807) is 19.1 Å². The van der Waals surface area contributed by atoms with Crippen molar-refractivity contribution in [2.45, 2.75) is 19.9 Å². The largest absolute Gasteiger partial charge is 0.465 e. The number of nitrogens with one attached hydrogen (secondary N) is 1. The fraction of sp³-hybridized carbons (Fsp3) is 0.417. The molecule has 0 saturated carbocycles. The Hall–Kier alpha value is -1.06. The van der Waals surface area contributed by atoms with Crippen LogP contribution in [0.25, 0.3) is 0 Å². The molecule has 0 aromatic heterocycles. The molecule has 16 heavy (non-hydrogen) atoms. The van der Waals surface area contributed by atoms with Crippen molar-refractivity contribution in [2.24, 2.45) is 0 Å². The molecule has 1 rings (SSSR count). The van der Waals surface area contributed by atoms with E-state index in [2.05, 4.69) is 5.32 Å². The highest BCUT2D eigenvalue weighted by Gasteiger charge is 2.20. The molecule has 0 aliphatic heterocycles. The van der Waals surface area contributed by atoms with E-state index in [0.29, 0.717) is 18.2 Å². The zero-order chi connectivity index (χ0) is 12.0. The van der Waals surface area contributed by atoms with Gasteiger partial charge in [-0.25, -0.2) is 4.79 Å². The molecular formula is C12H16ClNO2. The molecule has 0 spiro atoms. The molecule has 1 aromatic carbocycles. The van der Waals surface area contributed by atoms with Gasteiger partial charge in [0.25, 0.3) is 0 Å².